The Labute approximate surface area is 144 Å². The molecule has 0 spiro atoms. The molecule has 0 aromatic rings. The molecule has 1 fully saturated rings. The number of hydrogen-bond donors (Lipinski definition) is 2. The molecule has 1 aliphatic rings. The van der Waals surface area contributed by atoms with E-state index in [9.17, 15) is 9.59 Å². The van der Waals surface area contributed by atoms with Crippen LogP contribution in [-0.2, 0) is 14.2 Å². The molecule has 2 atom stereocenters. The fraction of sp³-hybridized carbons (Fsp3) is 0.882. The van der Waals surface area contributed by atoms with E-state index >= 15 is 0 Å². The smallest absolute Gasteiger partial charge is 0.444 e. The van der Waals surface area contributed by atoms with Crippen LogP contribution in [0.25, 0.3) is 0 Å². The van der Waals surface area contributed by atoms with Crippen molar-refractivity contribution < 1.29 is 28.9 Å². The Morgan fingerprint density at radius 1 is 1.21 bits per heavy atom. The SMILES string of the molecule is CC(C)(C)OC(=O)NCCC[C@@H]1CCCC[C@@H]1OC(=O)OCCO. The summed E-state index contributed by atoms with van der Waals surface area (Å²) in [5.74, 6) is 0.279. The van der Waals surface area contributed by atoms with Crippen LogP contribution in [-0.4, -0.2) is 48.8 Å². The molecular weight excluding hydrogens is 314 g/mol. The first-order valence-corrected chi connectivity index (χ1v) is 8.73. The number of carbonyl (C=O) groups excluding carboxylic acids is 2. The molecule has 7 nitrogen and oxygen atoms in total. The molecular formula is C17H31NO6. The van der Waals surface area contributed by atoms with E-state index in [1.54, 1.807) is 0 Å². The summed E-state index contributed by atoms with van der Waals surface area (Å²) in [7, 11) is 0. The Morgan fingerprint density at radius 2 is 1.92 bits per heavy atom. The van der Waals surface area contributed by atoms with Gasteiger partial charge < -0.3 is 24.6 Å². The second-order valence-corrected chi connectivity index (χ2v) is 7.09. The number of ether oxygens (including phenoxy) is 3. The maximum atomic E-state index is 11.6. The van der Waals surface area contributed by atoms with Gasteiger partial charge in [0, 0.05) is 6.54 Å². The zero-order chi connectivity index (χ0) is 18.0. The van der Waals surface area contributed by atoms with Crippen molar-refractivity contribution in [3.8, 4) is 0 Å². The van der Waals surface area contributed by atoms with Gasteiger partial charge in [-0.15, -0.1) is 0 Å². The van der Waals surface area contributed by atoms with Crippen molar-refractivity contribution >= 4 is 12.2 Å². The van der Waals surface area contributed by atoms with Gasteiger partial charge in [0.2, 0.25) is 0 Å². The number of rotatable bonds is 7. The van der Waals surface area contributed by atoms with Crippen LogP contribution in [0.15, 0.2) is 0 Å². The van der Waals surface area contributed by atoms with Gasteiger partial charge in [0.05, 0.1) is 6.61 Å². The molecule has 7 heteroatoms. The predicted molar refractivity (Wildman–Crippen MR) is 88.7 cm³/mol. The Bertz CT molecular complexity index is 393. The lowest BCUT2D eigenvalue weighted by atomic mass is 9.83. The van der Waals surface area contributed by atoms with Crippen LogP contribution in [0.2, 0.25) is 0 Å². The van der Waals surface area contributed by atoms with Crippen molar-refractivity contribution in [1.82, 2.24) is 5.32 Å². The van der Waals surface area contributed by atoms with Crippen LogP contribution < -0.4 is 5.32 Å². The fourth-order valence-electron chi connectivity index (χ4n) is 2.81. The molecule has 0 aromatic carbocycles. The molecule has 0 radical (unpaired) electrons. The van der Waals surface area contributed by atoms with Crippen LogP contribution in [0.5, 0.6) is 0 Å². The third kappa shape index (κ3) is 8.96. The minimum absolute atomic E-state index is 0.0456. The minimum atomic E-state index is -0.715. The van der Waals surface area contributed by atoms with Crippen LogP contribution in [0.3, 0.4) is 0 Å². The summed E-state index contributed by atoms with van der Waals surface area (Å²) in [4.78, 5) is 23.1. The second-order valence-electron chi connectivity index (χ2n) is 7.09. The number of hydrogen-bond acceptors (Lipinski definition) is 6. The van der Waals surface area contributed by atoms with E-state index < -0.39 is 17.8 Å². The maximum Gasteiger partial charge on any atom is 0.508 e. The highest BCUT2D eigenvalue weighted by atomic mass is 16.7. The highest BCUT2D eigenvalue weighted by Crippen LogP contribution is 2.30. The predicted octanol–water partition coefficient (Wildman–Crippen LogP) is 3.00. The number of nitrogens with one attached hydrogen (secondary N) is 1. The van der Waals surface area contributed by atoms with Gasteiger partial charge in [-0.2, -0.15) is 0 Å². The standard InChI is InChI=1S/C17H31NO6/c1-17(2,3)24-15(20)18-10-6-8-13-7-4-5-9-14(13)23-16(21)22-12-11-19/h13-14,19H,4-12H2,1-3H3,(H,18,20)/t13-,14-/m0/s1. The second kappa shape index (κ2) is 10.4. The number of aliphatic hydroxyl groups excluding tert-OH is 1. The van der Waals surface area contributed by atoms with E-state index in [1.807, 2.05) is 20.8 Å². The molecule has 1 rings (SSSR count). The molecule has 1 amide bonds. The van der Waals surface area contributed by atoms with Crippen molar-refractivity contribution in [3.05, 3.63) is 0 Å². The zero-order valence-electron chi connectivity index (χ0n) is 15.0. The van der Waals surface area contributed by atoms with Gasteiger partial charge in [0.1, 0.15) is 18.3 Å². The van der Waals surface area contributed by atoms with Gasteiger partial charge in [0.25, 0.3) is 0 Å². The monoisotopic (exact) mass is 345 g/mol. The molecule has 1 aliphatic carbocycles. The highest BCUT2D eigenvalue weighted by molar-refractivity contribution is 5.67. The summed E-state index contributed by atoms with van der Waals surface area (Å²) >= 11 is 0. The normalized spacial score (nSPS) is 21.0. The third-order valence-corrected chi connectivity index (χ3v) is 3.82. The first-order valence-electron chi connectivity index (χ1n) is 8.73. The maximum absolute atomic E-state index is 11.6. The van der Waals surface area contributed by atoms with Gasteiger partial charge in [0.15, 0.2) is 0 Å². The van der Waals surface area contributed by atoms with Crippen molar-refractivity contribution in [2.75, 3.05) is 19.8 Å². The molecule has 0 aromatic heterocycles. The molecule has 0 unspecified atom stereocenters. The van der Waals surface area contributed by atoms with Crippen LogP contribution in [0.4, 0.5) is 9.59 Å². The van der Waals surface area contributed by atoms with Crippen LogP contribution >= 0.6 is 0 Å². The summed E-state index contributed by atoms with van der Waals surface area (Å²) < 4.78 is 15.3. The largest absolute Gasteiger partial charge is 0.508 e. The summed E-state index contributed by atoms with van der Waals surface area (Å²) in [6, 6.07) is 0. The fourth-order valence-corrected chi connectivity index (χ4v) is 2.81. The molecule has 0 bridgehead atoms. The van der Waals surface area contributed by atoms with Crippen molar-refractivity contribution in [2.45, 2.75) is 71.0 Å². The molecule has 2 N–H and O–H groups in total. The summed E-state index contributed by atoms with van der Waals surface area (Å²) in [6.07, 6.45) is 4.39. The molecule has 0 aliphatic heterocycles. The summed E-state index contributed by atoms with van der Waals surface area (Å²) in [5.41, 5.74) is -0.499. The van der Waals surface area contributed by atoms with E-state index in [2.05, 4.69) is 5.32 Å². The number of amides is 1. The highest BCUT2D eigenvalue weighted by Gasteiger charge is 2.28. The average Bonchev–Trinajstić information content (AvgIpc) is 2.49. The quantitative estimate of drug-likeness (QED) is 0.544. The Morgan fingerprint density at radius 3 is 2.58 bits per heavy atom. The van der Waals surface area contributed by atoms with E-state index in [0.29, 0.717) is 6.54 Å². The molecule has 0 saturated heterocycles. The number of alkyl carbamates (subject to hydrolysis) is 1. The lowest BCUT2D eigenvalue weighted by molar-refractivity contribution is -0.0188. The average molecular weight is 345 g/mol. The van der Waals surface area contributed by atoms with E-state index in [-0.39, 0.29) is 25.2 Å². The van der Waals surface area contributed by atoms with Gasteiger partial charge >= 0.3 is 12.2 Å². The summed E-state index contributed by atoms with van der Waals surface area (Å²) in [5, 5.41) is 11.4. The number of aliphatic hydroxyl groups is 1. The van der Waals surface area contributed by atoms with Gasteiger partial charge in [-0.05, 0) is 58.8 Å². The van der Waals surface area contributed by atoms with E-state index in [1.165, 1.54) is 0 Å². The Balaban J connectivity index is 2.28. The van der Waals surface area contributed by atoms with Crippen molar-refractivity contribution in [1.29, 1.82) is 0 Å². The van der Waals surface area contributed by atoms with Crippen LogP contribution in [0, 0.1) is 5.92 Å². The van der Waals surface area contributed by atoms with Gasteiger partial charge in [-0.3, -0.25) is 0 Å². The van der Waals surface area contributed by atoms with Gasteiger partial charge in [-0.1, -0.05) is 6.42 Å². The van der Waals surface area contributed by atoms with Crippen molar-refractivity contribution in [2.24, 2.45) is 5.92 Å². The lowest BCUT2D eigenvalue weighted by Gasteiger charge is -2.30. The molecule has 140 valence electrons. The molecule has 1 saturated carbocycles. The first kappa shape index (κ1) is 20.5. The first-order chi connectivity index (χ1) is 11.3. The van der Waals surface area contributed by atoms with E-state index in [0.717, 1.165) is 38.5 Å². The number of carbonyl (C=O) groups is 2. The minimum Gasteiger partial charge on any atom is -0.444 e. The topological polar surface area (TPSA) is 94.1 Å². The van der Waals surface area contributed by atoms with Crippen LogP contribution in [0.1, 0.15) is 59.3 Å². The molecule has 24 heavy (non-hydrogen) atoms. The lowest BCUT2D eigenvalue weighted by Crippen LogP contribution is -2.34. The zero-order valence-corrected chi connectivity index (χ0v) is 15.0. The van der Waals surface area contributed by atoms with Gasteiger partial charge in [-0.25, -0.2) is 9.59 Å². The Kier molecular flexibility index (Phi) is 8.89. The molecule has 0 heterocycles. The summed E-state index contributed by atoms with van der Waals surface area (Å²) in [6.45, 7) is 5.76. The van der Waals surface area contributed by atoms with E-state index in [4.69, 9.17) is 19.3 Å². The Hall–Kier alpha value is -1.50. The third-order valence-electron chi connectivity index (χ3n) is 3.82. The van der Waals surface area contributed by atoms with Crippen molar-refractivity contribution in [3.63, 3.8) is 0 Å².